The van der Waals surface area contributed by atoms with E-state index in [1.807, 2.05) is 24.4 Å². The number of thiophene rings is 1. The summed E-state index contributed by atoms with van der Waals surface area (Å²) in [5.74, 6) is 1.02. The first-order valence-electron chi connectivity index (χ1n) is 5.77. The fourth-order valence-electron chi connectivity index (χ4n) is 1.70. The van der Waals surface area contributed by atoms with Gasteiger partial charge >= 0.3 is 0 Å². The van der Waals surface area contributed by atoms with E-state index in [1.54, 1.807) is 11.3 Å². The quantitative estimate of drug-likeness (QED) is 0.852. The van der Waals surface area contributed by atoms with Crippen LogP contribution in [-0.4, -0.2) is 18.1 Å². The molecule has 0 saturated heterocycles. The fraction of sp³-hybridized carbons (Fsp3) is 0.308. The number of hydrogen-bond donors (Lipinski definition) is 1. The highest BCUT2D eigenvalue weighted by Crippen LogP contribution is 2.15. The standard InChI is InChI=1S/C13H17N3S/c14-6-3-8-16(10-12-5-9-17-11-12)13-4-1-2-7-15-13/h1-2,4-5,7,9,11H,3,6,8,10,14H2. The largest absolute Gasteiger partial charge is 0.352 e. The highest BCUT2D eigenvalue weighted by Gasteiger charge is 2.07. The van der Waals surface area contributed by atoms with Crippen LogP contribution < -0.4 is 10.6 Å². The topological polar surface area (TPSA) is 42.1 Å². The highest BCUT2D eigenvalue weighted by molar-refractivity contribution is 7.07. The highest BCUT2D eigenvalue weighted by atomic mass is 32.1. The first-order chi connectivity index (χ1) is 8.40. The summed E-state index contributed by atoms with van der Waals surface area (Å²) in [6.45, 7) is 2.57. The van der Waals surface area contributed by atoms with Gasteiger partial charge in [-0.05, 0) is 47.5 Å². The summed E-state index contributed by atoms with van der Waals surface area (Å²) in [5.41, 5.74) is 6.91. The van der Waals surface area contributed by atoms with E-state index in [0.717, 1.165) is 25.3 Å². The molecular weight excluding hydrogens is 230 g/mol. The molecule has 2 heterocycles. The molecule has 0 aliphatic heterocycles. The third-order valence-electron chi connectivity index (χ3n) is 2.56. The van der Waals surface area contributed by atoms with E-state index in [0.29, 0.717) is 6.54 Å². The zero-order chi connectivity index (χ0) is 11.9. The van der Waals surface area contributed by atoms with E-state index >= 15 is 0 Å². The van der Waals surface area contributed by atoms with Crippen molar-refractivity contribution in [2.45, 2.75) is 13.0 Å². The van der Waals surface area contributed by atoms with Gasteiger partial charge in [-0.2, -0.15) is 11.3 Å². The molecule has 17 heavy (non-hydrogen) atoms. The molecule has 0 radical (unpaired) electrons. The SMILES string of the molecule is NCCCN(Cc1ccsc1)c1ccccn1. The molecule has 0 fully saturated rings. The van der Waals surface area contributed by atoms with Gasteiger partial charge in [0, 0.05) is 19.3 Å². The first-order valence-corrected chi connectivity index (χ1v) is 6.71. The molecule has 0 bridgehead atoms. The van der Waals surface area contributed by atoms with Gasteiger partial charge in [0.15, 0.2) is 0 Å². The van der Waals surface area contributed by atoms with Gasteiger partial charge in [-0.3, -0.25) is 0 Å². The van der Waals surface area contributed by atoms with Crippen molar-refractivity contribution in [2.75, 3.05) is 18.0 Å². The molecule has 0 aliphatic rings. The smallest absolute Gasteiger partial charge is 0.128 e. The molecule has 0 saturated carbocycles. The molecule has 4 heteroatoms. The molecule has 0 aromatic carbocycles. The number of nitrogens with two attached hydrogens (primary N) is 1. The van der Waals surface area contributed by atoms with Crippen LogP contribution in [0, 0.1) is 0 Å². The Hall–Kier alpha value is -1.39. The molecule has 90 valence electrons. The Morgan fingerprint density at radius 3 is 2.88 bits per heavy atom. The Kier molecular flexibility index (Phi) is 4.53. The molecule has 3 nitrogen and oxygen atoms in total. The summed E-state index contributed by atoms with van der Waals surface area (Å²) < 4.78 is 0. The maximum absolute atomic E-state index is 5.58. The van der Waals surface area contributed by atoms with Gasteiger partial charge in [-0.15, -0.1) is 0 Å². The Morgan fingerprint density at radius 2 is 2.24 bits per heavy atom. The Bertz CT molecular complexity index is 413. The zero-order valence-electron chi connectivity index (χ0n) is 9.75. The van der Waals surface area contributed by atoms with E-state index in [4.69, 9.17) is 5.73 Å². The number of aromatic nitrogens is 1. The molecule has 0 aliphatic carbocycles. The van der Waals surface area contributed by atoms with Crippen LogP contribution in [0.5, 0.6) is 0 Å². The number of hydrogen-bond acceptors (Lipinski definition) is 4. The van der Waals surface area contributed by atoms with E-state index in [-0.39, 0.29) is 0 Å². The van der Waals surface area contributed by atoms with Crippen LogP contribution in [0.25, 0.3) is 0 Å². The van der Waals surface area contributed by atoms with Crippen molar-refractivity contribution in [3.63, 3.8) is 0 Å². The summed E-state index contributed by atoms with van der Waals surface area (Å²) in [6.07, 6.45) is 2.82. The number of anilines is 1. The van der Waals surface area contributed by atoms with E-state index < -0.39 is 0 Å². The van der Waals surface area contributed by atoms with Crippen molar-refractivity contribution in [1.29, 1.82) is 0 Å². The second-order valence-corrected chi connectivity index (χ2v) is 4.66. The van der Waals surface area contributed by atoms with Gasteiger partial charge < -0.3 is 10.6 Å². The van der Waals surface area contributed by atoms with E-state index in [1.165, 1.54) is 5.56 Å². The molecule has 2 aromatic rings. The molecule has 0 unspecified atom stereocenters. The van der Waals surface area contributed by atoms with Crippen molar-refractivity contribution < 1.29 is 0 Å². The van der Waals surface area contributed by atoms with Crippen LogP contribution in [-0.2, 0) is 6.54 Å². The van der Waals surface area contributed by atoms with Gasteiger partial charge in [0.05, 0.1) is 0 Å². The molecule has 0 amide bonds. The summed E-state index contributed by atoms with van der Waals surface area (Å²) in [5, 5.41) is 4.28. The van der Waals surface area contributed by atoms with Crippen molar-refractivity contribution in [1.82, 2.24) is 4.98 Å². The van der Waals surface area contributed by atoms with Gasteiger partial charge in [0.25, 0.3) is 0 Å². The fourth-order valence-corrected chi connectivity index (χ4v) is 2.36. The van der Waals surface area contributed by atoms with Gasteiger partial charge in [-0.25, -0.2) is 4.98 Å². The number of rotatable bonds is 6. The zero-order valence-corrected chi connectivity index (χ0v) is 10.6. The van der Waals surface area contributed by atoms with Crippen molar-refractivity contribution in [3.8, 4) is 0 Å². The van der Waals surface area contributed by atoms with Crippen LogP contribution in [0.4, 0.5) is 5.82 Å². The Labute approximate surface area is 106 Å². The third kappa shape index (κ3) is 3.54. The summed E-state index contributed by atoms with van der Waals surface area (Å²) in [7, 11) is 0. The molecule has 0 atom stereocenters. The third-order valence-corrected chi connectivity index (χ3v) is 3.29. The van der Waals surface area contributed by atoms with Gasteiger partial charge in [0.2, 0.25) is 0 Å². The Balaban J connectivity index is 2.08. The van der Waals surface area contributed by atoms with Gasteiger partial charge in [0.1, 0.15) is 5.82 Å². The van der Waals surface area contributed by atoms with Crippen molar-refractivity contribution >= 4 is 17.2 Å². The maximum Gasteiger partial charge on any atom is 0.128 e. The lowest BCUT2D eigenvalue weighted by Crippen LogP contribution is -2.26. The molecule has 2 rings (SSSR count). The predicted molar refractivity (Wildman–Crippen MR) is 73.3 cm³/mol. The molecule has 0 spiro atoms. The van der Waals surface area contributed by atoms with Crippen LogP contribution in [0.2, 0.25) is 0 Å². The van der Waals surface area contributed by atoms with Crippen LogP contribution >= 0.6 is 11.3 Å². The summed E-state index contributed by atoms with van der Waals surface area (Å²) in [6, 6.07) is 8.16. The average Bonchev–Trinajstić information content (AvgIpc) is 2.88. The molecule has 2 aromatic heterocycles. The van der Waals surface area contributed by atoms with Gasteiger partial charge in [-0.1, -0.05) is 6.07 Å². The van der Waals surface area contributed by atoms with E-state index in [9.17, 15) is 0 Å². The van der Waals surface area contributed by atoms with Crippen LogP contribution in [0.3, 0.4) is 0 Å². The lowest BCUT2D eigenvalue weighted by Gasteiger charge is -2.23. The average molecular weight is 247 g/mol. The Morgan fingerprint density at radius 1 is 1.29 bits per heavy atom. The lowest BCUT2D eigenvalue weighted by molar-refractivity contribution is 0.727. The predicted octanol–water partition coefficient (Wildman–Crippen LogP) is 2.50. The monoisotopic (exact) mass is 247 g/mol. The van der Waals surface area contributed by atoms with Crippen LogP contribution in [0.15, 0.2) is 41.2 Å². The normalized spacial score (nSPS) is 10.4. The molecular formula is C13H17N3S. The lowest BCUT2D eigenvalue weighted by atomic mass is 10.3. The van der Waals surface area contributed by atoms with Crippen LogP contribution in [0.1, 0.15) is 12.0 Å². The van der Waals surface area contributed by atoms with Crippen molar-refractivity contribution in [3.05, 3.63) is 46.8 Å². The number of nitrogens with zero attached hydrogens (tertiary/aromatic N) is 2. The maximum atomic E-state index is 5.58. The summed E-state index contributed by atoms with van der Waals surface area (Å²) in [4.78, 5) is 6.67. The first kappa shape index (κ1) is 12.1. The second-order valence-electron chi connectivity index (χ2n) is 3.88. The second kappa shape index (κ2) is 6.37. The minimum Gasteiger partial charge on any atom is -0.352 e. The minimum atomic E-state index is 0.715. The summed E-state index contributed by atoms with van der Waals surface area (Å²) >= 11 is 1.73. The minimum absolute atomic E-state index is 0.715. The van der Waals surface area contributed by atoms with E-state index in [2.05, 4.69) is 26.7 Å². The molecule has 2 N–H and O–H groups in total. The number of pyridine rings is 1. The van der Waals surface area contributed by atoms with Crippen molar-refractivity contribution in [2.24, 2.45) is 5.73 Å².